The molecule has 2 atom stereocenters. The van der Waals surface area contributed by atoms with Crippen LogP contribution in [0.1, 0.15) is 25.7 Å². The van der Waals surface area contributed by atoms with Gasteiger partial charge < -0.3 is 0 Å². The molecule has 1 aliphatic rings. The molecule has 0 aromatic carbocycles. The lowest BCUT2D eigenvalue weighted by atomic mass is 9.88. The van der Waals surface area contributed by atoms with Gasteiger partial charge in [-0.25, -0.2) is 8.42 Å². The Labute approximate surface area is 84.9 Å². The van der Waals surface area contributed by atoms with Crippen LogP contribution in [0.15, 0.2) is 0 Å². The van der Waals surface area contributed by atoms with E-state index >= 15 is 0 Å². The molecule has 1 rings (SSSR count). The molecule has 14 heavy (non-hydrogen) atoms. The van der Waals surface area contributed by atoms with Gasteiger partial charge in [0.15, 0.2) is 0 Å². The van der Waals surface area contributed by atoms with E-state index in [4.69, 9.17) is 10.7 Å². The van der Waals surface area contributed by atoms with Crippen molar-refractivity contribution in [2.45, 2.75) is 37.1 Å². The summed E-state index contributed by atoms with van der Waals surface area (Å²) in [4.78, 5) is 0. The van der Waals surface area contributed by atoms with Crippen LogP contribution in [0.25, 0.3) is 0 Å². The fourth-order valence-electron chi connectivity index (χ4n) is 1.70. The molecular weight excluding hydrogens is 241 g/mol. The highest BCUT2D eigenvalue weighted by Crippen LogP contribution is 2.40. The number of hydrogen-bond donors (Lipinski definition) is 0. The minimum Gasteiger partial charge on any atom is -0.212 e. The van der Waals surface area contributed by atoms with Crippen molar-refractivity contribution in [1.29, 1.82) is 0 Å². The maximum absolute atomic E-state index is 12.3. The second kappa shape index (κ2) is 3.89. The van der Waals surface area contributed by atoms with Crippen LogP contribution in [-0.4, -0.2) is 19.8 Å². The molecule has 0 N–H and O–H groups in total. The van der Waals surface area contributed by atoms with Crippen LogP contribution in [0, 0.1) is 5.92 Å². The summed E-state index contributed by atoms with van der Waals surface area (Å²) in [5.74, 6) is -1.52. The fourth-order valence-corrected chi connectivity index (χ4v) is 3.09. The van der Waals surface area contributed by atoms with Gasteiger partial charge in [-0.05, 0) is 19.3 Å². The van der Waals surface area contributed by atoms with Crippen LogP contribution >= 0.6 is 10.7 Å². The largest absolute Gasteiger partial charge is 0.391 e. The monoisotopic (exact) mass is 250 g/mol. The molecule has 0 bridgehead atoms. The van der Waals surface area contributed by atoms with Gasteiger partial charge in [-0.2, -0.15) is 13.2 Å². The standard InChI is InChI=1S/C7H10ClF3O2S/c8-14(12,13)6-3-1-2-5(4-6)7(9,10)11/h5-6H,1-4H2/t5-,6-/m0/s1. The highest BCUT2D eigenvalue weighted by molar-refractivity contribution is 8.14. The SMILES string of the molecule is O=S(=O)(Cl)[C@H]1CCC[C@H](C(F)(F)F)C1. The quantitative estimate of drug-likeness (QED) is 0.671. The van der Waals surface area contributed by atoms with Gasteiger partial charge in [0.1, 0.15) is 0 Å². The molecule has 0 heterocycles. The van der Waals surface area contributed by atoms with E-state index in [0.717, 1.165) is 0 Å². The summed E-state index contributed by atoms with van der Waals surface area (Å²) in [6.45, 7) is 0. The first-order valence-corrected chi connectivity index (χ1v) is 6.58. The molecule has 0 unspecified atom stereocenters. The van der Waals surface area contributed by atoms with Gasteiger partial charge >= 0.3 is 6.18 Å². The lowest BCUT2D eigenvalue weighted by Gasteiger charge is -2.28. The predicted molar refractivity (Wildman–Crippen MR) is 46.6 cm³/mol. The normalized spacial score (nSPS) is 30.3. The molecule has 0 aromatic heterocycles. The van der Waals surface area contributed by atoms with Gasteiger partial charge in [-0.15, -0.1) is 0 Å². The van der Waals surface area contributed by atoms with Gasteiger partial charge in [0.05, 0.1) is 11.2 Å². The molecular formula is C7H10ClF3O2S. The molecule has 1 fully saturated rings. The first-order valence-electron chi connectivity index (χ1n) is 4.21. The topological polar surface area (TPSA) is 34.1 Å². The van der Waals surface area contributed by atoms with E-state index in [0.29, 0.717) is 0 Å². The van der Waals surface area contributed by atoms with E-state index in [1.165, 1.54) is 0 Å². The Morgan fingerprint density at radius 2 is 1.79 bits per heavy atom. The van der Waals surface area contributed by atoms with Crippen LogP contribution in [-0.2, 0) is 9.05 Å². The van der Waals surface area contributed by atoms with Gasteiger partial charge in [0, 0.05) is 10.7 Å². The van der Waals surface area contributed by atoms with Crippen molar-refractivity contribution in [3.63, 3.8) is 0 Å². The Morgan fingerprint density at radius 3 is 2.21 bits per heavy atom. The van der Waals surface area contributed by atoms with Crippen molar-refractivity contribution in [2.24, 2.45) is 5.92 Å². The number of alkyl halides is 3. The van der Waals surface area contributed by atoms with E-state index in [-0.39, 0.29) is 19.3 Å². The Bertz CT molecular complexity index is 299. The molecule has 2 nitrogen and oxygen atoms in total. The van der Waals surface area contributed by atoms with E-state index in [1.807, 2.05) is 0 Å². The molecule has 7 heteroatoms. The van der Waals surface area contributed by atoms with Crippen molar-refractivity contribution in [3.8, 4) is 0 Å². The molecule has 1 aliphatic carbocycles. The van der Waals surface area contributed by atoms with Gasteiger partial charge in [0.25, 0.3) is 0 Å². The summed E-state index contributed by atoms with van der Waals surface area (Å²) in [6.07, 6.45) is -4.19. The van der Waals surface area contributed by atoms with E-state index in [1.54, 1.807) is 0 Å². The van der Waals surface area contributed by atoms with E-state index in [9.17, 15) is 21.6 Å². The molecule has 0 aliphatic heterocycles. The first-order chi connectivity index (χ1) is 6.21. The number of rotatable bonds is 1. The molecule has 84 valence electrons. The highest BCUT2D eigenvalue weighted by atomic mass is 35.7. The zero-order chi connectivity index (χ0) is 11.0. The third-order valence-corrected chi connectivity index (χ3v) is 4.47. The van der Waals surface area contributed by atoms with Gasteiger partial charge in [0.2, 0.25) is 9.05 Å². The number of halogens is 4. The van der Waals surface area contributed by atoms with Crippen LogP contribution in [0.4, 0.5) is 13.2 Å². The van der Waals surface area contributed by atoms with Crippen molar-refractivity contribution in [3.05, 3.63) is 0 Å². The lowest BCUT2D eigenvalue weighted by molar-refractivity contribution is -0.181. The summed E-state index contributed by atoms with van der Waals surface area (Å²) >= 11 is 0. The third kappa shape index (κ3) is 3.02. The van der Waals surface area contributed by atoms with Gasteiger partial charge in [-0.3, -0.25) is 0 Å². The van der Waals surface area contributed by atoms with Crippen LogP contribution < -0.4 is 0 Å². The highest BCUT2D eigenvalue weighted by Gasteiger charge is 2.44. The molecule has 0 spiro atoms. The Balaban J connectivity index is 2.71. The van der Waals surface area contributed by atoms with Crippen molar-refractivity contribution in [1.82, 2.24) is 0 Å². The average Bonchev–Trinajstić information content (AvgIpc) is 2.01. The molecule has 0 radical (unpaired) electrons. The minimum absolute atomic E-state index is 0.00636. The Morgan fingerprint density at radius 1 is 1.21 bits per heavy atom. The second-order valence-electron chi connectivity index (χ2n) is 3.50. The van der Waals surface area contributed by atoms with E-state index < -0.39 is 32.8 Å². The van der Waals surface area contributed by atoms with Crippen LogP contribution in [0.3, 0.4) is 0 Å². The van der Waals surface area contributed by atoms with Crippen LogP contribution in [0.5, 0.6) is 0 Å². The molecule has 0 saturated heterocycles. The van der Waals surface area contributed by atoms with Gasteiger partial charge in [-0.1, -0.05) is 6.42 Å². The zero-order valence-corrected chi connectivity index (χ0v) is 8.79. The number of hydrogen-bond acceptors (Lipinski definition) is 2. The van der Waals surface area contributed by atoms with Crippen LogP contribution in [0.2, 0.25) is 0 Å². The first kappa shape index (κ1) is 12.1. The molecule has 1 saturated carbocycles. The summed E-state index contributed by atoms with van der Waals surface area (Å²) in [7, 11) is 1.19. The minimum atomic E-state index is -4.31. The molecule has 0 amide bonds. The molecule has 0 aromatic rings. The summed E-state index contributed by atoms with van der Waals surface area (Å²) in [5.41, 5.74) is 0. The second-order valence-corrected chi connectivity index (χ2v) is 6.41. The average molecular weight is 251 g/mol. The predicted octanol–water partition coefficient (Wildman–Crippen LogP) is 2.68. The van der Waals surface area contributed by atoms with E-state index in [2.05, 4.69) is 0 Å². The Kier molecular flexibility index (Phi) is 3.36. The van der Waals surface area contributed by atoms with Crippen molar-refractivity contribution < 1.29 is 21.6 Å². The van der Waals surface area contributed by atoms with Crippen molar-refractivity contribution in [2.75, 3.05) is 0 Å². The summed E-state index contributed by atoms with van der Waals surface area (Å²) < 4.78 is 58.5. The summed E-state index contributed by atoms with van der Waals surface area (Å²) in [5, 5.41) is -1.04. The maximum atomic E-state index is 12.3. The lowest BCUT2D eigenvalue weighted by Crippen LogP contribution is -2.33. The maximum Gasteiger partial charge on any atom is 0.391 e. The summed E-state index contributed by atoms with van der Waals surface area (Å²) in [6, 6.07) is 0. The zero-order valence-electron chi connectivity index (χ0n) is 7.22. The smallest absolute Gasteiger partial charge is 0.212 e. The third-order valence-electron chi connectivity index (χ3n) is 2.49. The fraction of sp³-hybridized carbons (Fsp3) is 1.00. The Hall–Kier alpha value is 0.0300. The van der Waals surface area contributed by atoms with Crippen molar-refractivity contribution >= 4 is 19.7 Å².